The molecule has 152 valence electrons. The number of rotatable bonds is 7. The average Bonchev–Trinajstić information content (AvgIpc) is 3.26. The van der Waals surface area contributed by atoms with Crippen molar-refractivity contribution in [1.29, 1.82) is 0 Å². The van der Waals surface area contributed by atoms with Gasteiger partial charge >= 0.3 is 5.97 Å². The van der Waals surface area contributed by atoms with Crippen LogP contribution in [0.1, 0.15) is 33.3 Å². The SMILES string of the molecule is CCOC(=O)c1sc(NC(=O)CSc2nnnn2-c2ccc(C)cc2C)cc1C. The third kappa shape index (κ3) is 5.01. The molecule has 2 heterocycles. The third-order valence-electron chi connectivity index (χ3n) is 3.99. The minimum Gasteiger partial charge on any atom is -0.462 e. The largest absolute Gasteiger partial charge is 0.462 e. The van der Waals surface area contributed by atoms with E-state index in [9.17, 15) is 9.59 Å². The van der Waals surface area contributed by atoms with Gasteiger partial charge in [0.2, 0.25) is 11.1 Å². The summed E-state index contributed by atoms with van der Waals surface area (Å²) in [6, 6.07) is 7.76. The average molecular weight is 432 g/mol. The van der Waals surface area contributed by atoms with E-state index in [0.717, 1.165) is 22.4 Å². The molecule has 1 amide bonds. The van der Waals surface area contributed by atoms with Crippen LogP contribution in [0.2, 0.25) is 0 Å². The molecule has 3 aromatic rings. The second-order valence-electron chi connectivity index (χ2n) is 6.34. The van der Waals surface area contributed by atoms with Crippen molar-refractivity contribution in [3.05, 3.63) is 45.8 Å². The van der Waals surface area contributed by atoms with Crippen LogP contribution in [0.5, 0.6) is 0 Å². The minimum absolute atomic E-state index is 0.136. The maximum Gasteiger partial charge on any atom is 0.348 e. The molecule has 8 nitrogen and oxygen atoms in total. The van der Waals surface area contributed by atoms with Crippen molar-refractivity contribution >= 4 is 40.0 Å². The number of amides is 1. The lowest BCUT2D eigenvalue weighted by Gasteiger charge is -2.08. The van der Waals surface area contributed by atoms with Crippen molar-refractivity contribution in [2.45, 2.75) is 32.9 Å². The van der Waals surface area contributed by atoms with Crippen LogP contribution in [0.25, 0.3) is 5.69 Å². The molecule has 0 spiro atoms. The molecule has 0 aliphatic rings. The van der Waals surface area contributed by atoms with E-state index < -0.39 is 0 Å². The number of aryl methyl sites for hydroxylation is 3. The first-order valence-corrected chi connectivity index (χ1v) is 10.8. The Hall–Kier alpha value is -2.72. The molecular formula is C19H21N5O3S2. The van der Waals surface area contributed by atoms with Crippen molar-refractivity contribution in [1.82, 2.24) is 20.2 Å². The molecule has 0 radical (unpaired) electrons. The topological polar surface area (TPSA) is 99.0 Å². The van der Waals surface area contributed by atoms with E-state index in [2.05, 4.69) is 26.9 Å². The molecule has 0 unspecified atom stereocenters. The summed E-state index contributed by atoms with van der Waals surface area (Å²) < 4.78 is 6.65. The van der Waals surface area contributed by atoms with Crippen LogP contribution in [0.4, 0.5) is 5.00 Å². The Bertz CT molecular complexity index is 1040. The van der Waals surface area contributed by atoms with Gasteiger partial charge < -0.3 is 10.1 Å². The zero-order valence-corrected chi connectivity index (χ0v) is 18.2. The number of esters is 1. The number of carbonyl (C=O) groups is 2. The second kappa shape index (κ2) is 9.19. The molecule has 1 N–H and O–H groups in total. The van der Waals surface area contributed by atoms with Crippen molar-refractivity contribution in [2.75, 3.05) is 17.7 Å². The van der Waals surface area contributed by atoms with Crippen molar-refractivity contribution in [2.24, 2.45) is 0 Å². The Morgan fingerprint density at radius 2 is 2.00 bits per heavy atom. The number of thiophene rings is 1. The molecular weight excluding hydrogens is 410 g/mol. The van der Waals surface area contributed by atoms with E-state index >= 15 is 0 Å². The Morgan fingerprint density at radius 1 is 1.21 bits per heavy atom. The van der Waals surface area contributed by atoms with Crippen LogP contribution in [-0.2, 0) is 9.53 Å². The van der Waals surface area contributed by atoms with Crippen LogP contribution in [0.15, 0.2) is 29.4 Å². The van der Waals surface area contributed by atoms with Gasteiger partial charge in [-0.1, -0.05) is 29.5 Å². The minimum atomic E-state index is -0.377. The number of hydrogen-bond donors (Lipinski definition) is 1. The Morgan fingerprint density at radius 3 is 2.72 bits per heavy atom. The maximum absolute atomic E-state index is 12.4. The zero-order valence-electron chi connectivity index (χ0n) is 16.6. The fraction of sp³-hybridized carbons (Fsp3) is 0.316. The molecule has 3 rings (SSSR count). The highest BCUT2D eigenvalue weighted by Gasteiger charge is 2.17. The van der Waals surface area contributed by atoms with Crippen LogP contribution in [0, 0.1) is 20.8 Å². The highest BCUT2D eigenvalue weighted by molar-refractivity contribution is 7.99. The summed E-state index contributed by atoms with van der Waals surface area (Å²) in [6.45, 7) is 7.89. The van der Waals surface area contributed by atoms with Crippen LogP contribution < -0.4 is 5.32 Å². The molecule has 29 heavy (non-hydrogen) atoms. The lowest BCUT2D eigenvalue weighted by molar-refractivity contribution is -0.113. The molecule has 0 atom stereocenters. The summed E-state index contributed by atoms with van der Waals surface area (Å²) in [7, 11) is 0. The number of nitrogens with one attached hydrogen (secondary N) is 1. The number of hydrogen-bond acceptors (Lipinski definition) is 8. The number of aromatic nitrogens is 4. The van der Waals surface area contributed by atoms with Gasteiger partial charge in [0.25, 0.3) is 0 Å². The fourth-order valence-corrected chi connectivity index (χ4v) is 4.38. The summed E-state index contributed by atoms with van der Waals surface area (Å²) >= 11 is 2.44. The molecule has 10 heteroatoms. The number of ether oxygens (including phenoxy) is 1. The number of benzene rings is 1. The van der Waals surface area contributed by atoms with Crippen molar-refractivity contribution in [3.8, 4) is 5.69 Å². The Kier molecular flexibility index (Phi) is 6.65. The molecule has 0 fully saturated rings. The summed E-state index contributed by atoms with van der Waals surface area (Å²) in [4.78, 5) is 24.8. The molecule has 0 bridgehead atoms. The van der Waals surface area contributed by atoms with Gasteiger partial charge in [-0.3, -0.25) is 4.79 Å². The van der Waals surface area contributed by atoms with Gasteiger partial charge in [-0.05, 0) is 61.4 Å². The highest BCUT2D eigenvalue weighted by atomic mass is 32.2. The lowest BCUT2D eigenvalue weighted by Crippen LogP contribution is -2.14. The lowest BCUT2D eigenvalue weighted by atomic mass is 10.1. The molecule has 1 aromatic carbocycles. The maximum atomic E-state index is 12.4. The van der Waals surface area contributed by atoms with Gasteiger partial charge in [-0.2, -0.15) is 4.68 Å². The molecule has 0 aliphatic heterocycles. The molecule has 0 saturated heterocycles. The monoisotopic (exact) mass is 431 g/mol. The summed E-state index contributed by atoms with van der Waals surface area (Å²) in [5, 5.41) is 15.7. The third-order valence-corrected chi connectivity index (χ3v) is 6.05. The number of anilines is 1. The van der Waals surface area contributed by atoms with E-state index in [-0.39, 0.29) is 17.6 Å². The fourth-order valence-electron chi connectivity index (χ4n) is 2.71. The van der Waals surface area contributed by atoms with Crippen molar-refractivity contribution in [3.63, 3.8) is 0 Å². The highest BCUT2D eigenvalue weighted by Crippen LogP contribution is 2.28. The predicted molar refractivity (Wildman–Crippen MR) is 113 cm³/mol. The first kappa shape index (κ1) is 21.0. The molecule has 0 saturated carbocycles. The van der Waals surface area contributed by atoms with E-state index in [0.29, 0.717) is 21.6 Å². The standard InChI is InChI=1S/C19H21N5O3S2/c1-5-27-18(26)17-13(4)9-16(29-17)20-15(25)10-28-19-21-22-23-24(19)14-7-6-11(2)8-12(14)3/h6-9H,5,10H2,1-4H3,(H,20,25). The van der Waals surface area contributed by atoms with E-state index in [4.69, 9.17) is 4.74 Å². The van der Waals surface area contributed by atoms with Gasteiger partial charge in [0.15, 0.2) is 0 Å². The van der Waals surface area contributed by atoms with Crippen molar-refractivity contribution < 1.29 is 14.3 Å². The van der Waals surface area contributed by atoms with E-state index in [1.54, 1.807) is 17.7 Å². The normalized spacial score (nSPS) is 10.8. The van der Waals surface area contributed by atoms with Gasteiger partial charge in [0.1, 0.15) is 4.88 Å². The van der Waals surface area contributed by atoms with E-state index in [1.807, 2.05) is 32.9 Å². The van der Waals surface area contributed by atoms with Crippen LogP contribution >= 0.6 is 23.1 Å². The van der Waals surface area contributed by atoms with Gasteiger partial charge in [0, 0.05) is 0 Å². The summed E-state index contributed by atoms with van der Waals surface area (Å²) in [5.41, 5.74) is 3.84. The predicted octanol–water partition coefficient (Wildman–Crippen LogP) is 3.56. The summed E-state index contributed by atoms with van der Waals surface area (Å²) in [6.07, 6.45) is 0. The van der Waals surface area contributed by atoms with Gasteiger partial charge in [-0.15, -0.1) is 16.4 Å². The second-order valence-corrected chi connectivity index (χ2v) is 8.34. The molecule has 2 aromatic heterocycles. The van der Waals surface area contributed by atoms with Gasteiger partial charge in [0.05, 0.1) is 23.0 Å². The number of carbonyl (C=O) groups excluding carboxylic acids is 2. The number of nitrogens with zero attached hydrogens (tertiary/aromatic N) is 4. The quantitative estimate of drug-likeness (QED) is 0.451. The van der Waals surface area contributed by atoms with Crippen LogP contribution in [0.3, 0.4) is 0 Å². The molecule has 0 aliphatic carbocycles. The Labute approximate surface area is 176 Å². The smallest absolute Gasteiger partial charge is 0.348 e. The number of tetrazole rings is 1. The summed E-state index contributed by atoms with van der Waals surface area (Å²) in [5.74, 6) is -0.448. The zero-order chi connectivity index (χ0) is 21.0. The van der Waals surface area contributed by atoms with E-state index in [1.165, 1.54) is 23.1 Å². The number of thioether (sulfide) groups is 1. The van der Waals surface area contributed by atoms with Crippen LogP contribution in [-0.4, -0.2) is 44.4 Å². The first-order valence-electron chi connectivity index (χ1n) is 8.95. The first-order chi connectivity index (χ1) is 13.9. The van der Waals surface area contributed by atoms with Gasteiger partial charge in [-0.25, -0.2) is 4.79 Å². The Balaban J connectivity index is 1.65.